The molecule has 1 aromatic heterocycles. The molecule has 0 bridgehead atoms. The summed E-state index contributed by atoms with van der Waals surface area (Å²) in [6, 6.07) is 6.04. The molecule has 1 fully saturated rings. The molecule has 2 N–H and O–H groups in total. The van der Waals surface area contributed by atoms with Crippen molar-refractivity contribution in [3.63, 3.8) is 0 Å². The minimum Gasteiger partial charge on any atom is -0.398 e. The number of fused-ring (bicyclic) bond motifs is 1. The number of nitrogens with zero attached hydrogens (tertiary/aromatic N) is 2. The Bertz CT molecular complexity index is 636. The molecule has 0 amide bonds. The highest BCUT2D eigenvalue weighted by Gasteiger charge is 2.24. The number of nitrogen functional groups attached to an aromatic ring is 1. The van der Waals surface area contributed by atoms with E-state index in [2.05, 4.69) is 45.7 Å². The molecular weight excluding hydrogens is 318 g/mol. The summed E-state index contributed by atoms with van der Waals surface area (Å²) >= 11 is 3.45. The molecule has 106 valence electrons. The highest BCUT2D eigenvalue weighted by molar-refractivity contribution is 9.10. The molecule has 4 nitrogen and oxygen atoms in total. The van der Waals surface area contributed by atoms with Crippen molar-refractivity contribution >= 4 is 38.2 Å². The van der Waals surface area contributed by atoms with Gasteiger partial charge in [-0.25, -0.2) is 0 Å². The van der Waals surface area contributed by atoms with Crippen LogP contribution in [0.15, 0.2) is 28.9 Å². The van der Waals surface area contributed by atoms with Crippen LogP contribution in [0.4, 0.5) is 11.4 Å². The molecule has 1 aliphatic heterocycles. The molecule has 0 spiro atoms. The number of hydrogen-bond donors (Lipinski definition) is 1. The van der Waals surface area contributed by atoms with E-state index in [-0.39, 0.29) is 12.2 Å². The average molecular weight is 336 g/mol. The number of aromatic nitrogens is 1. The Morgan fingerprint density at radius 1 is 1.30 bits per heavy atom. The molecule has 1 aromatic carbocycles. The Morgan fingerprint density at radius 2 is 2.00 bits per heavy atom. The van der Waals surface area contributed by atoms with Crippen LogP contribution in [0.5, 0.6) is 0 Å². The van der Waals surface area contributed by atoms with Gasteiger partial charge in [-0.05, 0) is 48.0 Å². The van der Waals surface area contributed by atoms with Gasteiger partial charge in [-0.2, -0.15) is 0 Å². The number of nitrogens with two attached hydrogens (primary N) is 1. The van der Waals surface area contributed by atoms with Crippen LogP contribution in [-0.2, 0) is 4.74 Å². The average Bonchev–Trinajstić information content (AvgIpc) is 2.38. The quantitative estimate of drug-likeness (QED) is 0.813. The number of anilines is 2. The van der Waals surface area contributed by atoms with E-state index in [0.717, 1.165) is 39.8 Å². The van der Waals surface area contributed by atoms with Gasteiger partial charge in [0.25, 0.3) is 0 Å². The largest absolute Gasteiger partial charge is 0.398 e. The summed E-state index contributed by atoms with van der Waals surface area (Å²) in [6.45, 7) is 5.96. The van der Waals surface area contributed by atoms with Crippen molar-refractivity contribution in [1.29, 1.82) is 0 Å². The summed E-state index contributed by atoms with van der Waals surface area (Å²) in [7, 11) is 0. The minimum absolute atomic E-state index is 0.224. The summed E-state index contributed by atoms with van der Waals surface area (Å²) < 4.78 is 6.74. The first-order valence-electron chi connectivity index (χ1n) is 6.78. The molecular formula is C15H18BrN3O. The zero-order valence-corrected chi connectivity index (χ0v) is 13.2. The summed E-state index contributed by atoms with van der Waals surface area (Å²) in [5.74, 6) is 0. The Hall–Kier alpha value is -1.33. The number of pyridine rings is 1. The van der Waals surface area contributed by atoms with Crippen molar-refractivity contribution in [2.45, 2.75) is 26.1 Å². The van der Waals surface area contributed by atoms with Crippen LogP contribution in [0, 0.1) is 0 Å². The highest BCUT2D eigenvalue weighted by Crippen LogP contribution is 2.32. The molecule has 2 aromatic rings. The first-order valence-corrected chi connectivity index (χ1v) is 7.58. The molecule has 1 aliphatic rings. The fraction of sp³-hybridized carbons (Fsp3) is 0.400. The van der Waals surface area contributed by atoms with E-state index in [1.165, 1.54) is 0 Å². The second kappa shape index (κ2) is 5.22. The maximum absolute atomic E-state index is 6.07. The summed E-state index contributed by atoms with van der Waals surface area (Å²) in [6.07, 6.45) is 2.27. The number of halogens is 1. The standard InChI is InChI=1S/C15H18BrN3O/c1-9-7-19(8-10(2)20-9)14-4-3-13(17)12-5-11(16)6-18-15(12)14/h3-6,9-10H,7-8,17H2,1-2H3/t9-,10+. The zero-order chi connectivity index (χ0) is 14.3. The van der Waals surface area contributed by atoms with Crippen molar-refractivity contribution < 1.29 is 4.74 Å². The predicted octanol–water partition coefficient (Wildman–Crippen LogP) is 3.19. The van der Waals surface area contributed by atoms with E-state index in [1.807, 2.05) is 18.3 Å². The van der Waals surface area contributed by atoms with Crippen molar-refractivity contribution in [2.75, 3.05) is 23.7 Å². The van der Waals surface area contributed by atoms with Gasteiger partial charge in [0.1, 0.15) is 0 Å². The van der Waals surface area contributed by atoms with Crippen molar-refractivity contribution in [3.05, 3.63) is 28.9 Å². The topological polar surface area (TPSA) is 51.4 Å². The zero-order valence-electron chi connectivity index (χ0n) is 11.6. The lowest BCUT2D eigenvalue weighted by Gasteiger charge is -2.37. The lowest BCUT2D eigenvalue weighted by molar-refractivity contribution is -0.00513. The van der Waals surface area contributed by atoms with Gasteiger partial charge in [0.2, 0.25) is 0 Å². The monoisotopic (exact) mass is 335 g/mol. The van der Waals surface area contributed by atoms with Crippen LogP contribution in [0.2, 0.25) is 0 Å². The highest BCUT2D eigenvalue weighted by atomic mass is 79.9. The minimum atomic E-state index is 0.224. The third-order valence-corrected chi connectivity index (χ3v) is 4.02. The Labute approximate surface area is 127 Å². The van der Waals surface area contributed by atoms with E-state index in [1.54, 1.807) is 0 Å². The molecule has 3 rings (SSSR count). The molecule has 2 heterocycles. The lowest BCUT2D eigenvalue weighted by Crippen LogP contribution is -2.45. The predicted molar refractivity (Wildman–Crippen MR) is 86.1 cm³/mol. The van der Waals surface area contributed by atoms with Gasteiger partial charge in [-0.3, -0.25) is 4.98 Å². The molecule has 2 atom stereocenters. The molecule has 0 unspecified atom stereocenters. The maximum Gasteiger partial charge on any atom is 0.0956 e. The van der Waals surface area contributed by atoms with E-state index in [0.29, 0.717) is 0 Å². The van der Waals surface area contributed by atoms with Crippen molar-refractivity contribution in [3.8, 4) is 0 Å². The fourth-order valence-corrected chi connectivity index (χ4v) is 3.16. The van der Waals surface area contributed by atoms with Gasteiger partial charge < -0.3 is 15.4 Å². The Morgan fingerprint density at radius 3 is 2.70 bits per heavy atom. The van der Waals surface area contributed by atoms with Crippen LogP contribution in [0.3, 0.4) is 0 Å². The van der Waals surface area contributed by atoms with Gasteiger partial charge >= 0.3 is 0 Å². The van der Waals surface area contributed by atoms with Gasteiger partial charge in [0.05, 0.1) is 23.4 Å². The first kappa shape index (κ1) is 13.6. The number of morpholine rings is 1. The van der Waals surface area contributed by atoms with Crippen LogP contribution in [-0.4, -0.2) is 30.3 Å². The second-order valence-corrected chi connectivity index (χ2v) is 6.30. The normalized spacial score (nSPS) is 23.2. The van der Waals surface area contributed by atoms with Gasteiger partial charge in [-0.1, -0.05) is 0 Å². The third-order valence-electron chi connectivity index (χ3n) is 3.59. The van der Waals surface area contributed by atoms with Crippen LogP contribution >= 0.6 is 15.9 Å². The molecule has 0 aliphatic carbocycles. The number of rotatable bonds is 1. The van der Waals surface area contributed by atoms with Gasteiger partial charge in [0.15, 0.2) is 0 Å². The summed E-state index contributed by atoms with van der Waals surface area (Å²) in [5.41, 5.74) is 8.91. The smallest absolute Gasteiger partial charge is 0.0956 e. The maximum atomic E-state index is 6.07. The number of hydrogen-bond acceptors (Lipinski definition) is 4. The van der Waals surface area contributed by atoms with E-state index < -0.39 is 0 Å². The van der Waals surface area contributed by atoms with Crippen molar-refractivity contribution in [1.82, 2.24) is 4.98 Å². The molecule has 5 heteroatoms. The van der Waals surface area contributed by atoms with Gasteiger partial charge in [-0.15, -0.1) is 0 Å². The second-order valence-electron chi connectivity index (χ2n) is 5.39. The van der Waals surface area contributed by atoms with E-state index in [9.17, 15) is 0 Å². The SMILES string of the molecule is C[C@@H]1CN(c2ccc(N)c3cc(Br)cnc23)C[C@H](C)O1. The molecule has 1 saturated heterocycles. The van der Waals surface area contributed by atoms with E-state index in [4.69, 9.17) is 10.5 Å². The fourth-order valence-electron chi connectivity index (χ4n) is 2.83. The summed E-state index contributed by atoms with van der Waals surface area (Å²) in [4.78, 5) is 6.89. The number of ether oxygens (including phenoxy) is 1. The molecule has 0 radical (unpaired) electrons. The van der Waals surface area contributed by atoms with Gasteiger partial charge in [0, 0.05) is 34.8 Å². The number of benzene rings is 1. The van der Waals surface area contributed by atoms with Crippen LogP contribution < -0.4 is 10.6 Å². The van der Waals surface area contributed by atoms with Crippen molar-refractivity contribution in [2.24, 2.45) is 0 Å². The third kappa shape index (κ3) is 2.47. The molecule has 20 heavy (non-hydrogen) atoms. The van der Waals surface area contributed by atoms with Crippen LogP contribution in [0.25, 0.3) is 10.9 Å². The Kier molecular flexibility index (Phi) is 3.56. The van der Waals surface area contributed by atoms with E-state index >= 15 is 0 Å². The molecule has 0 saturated carbocycles. The summed E-state index contributed by atoms with van der Waals surface area (Å²) in [5, 5.41) is 0.990. The first-order chi connectivity index (χ1) is 9.54. The van der Waals surface area contributed by atoms with Crippen LogP contribution in [0.1, 0.15) is 13.8 Å². The lowest BCUT2D eigenvalue weighted by atomic mass is 10.1. The Balaban J connectivity index is 2.10.